The Morgan fingerprint density at radius 1 is 1.44 bits per heavy atom. The fourth-order valence-electron chi connectivity index (χ4n) is 1.24. The third-order valence-corrected chi connectivity index (χ3v) is 2.63. The zero-order valence-electron chi connectivity index (χ0n) is 8.53. The summed E-state index contributed by atoms with van der Waals surface area (Å²) in [6.07, 6.45) is 0. The first kappa shape index (κ1) is 11.1. The molecule has 16 heavy (non-hydrogen) atoms. The quantitative estimate of drug-likeness (QED) is 0.863. The highest BCUT2D eigenvalue weighted by atomic mass is 127. The van der Waals surface area contributed by atoms with Crippen molar-refractivity contribution in [2.45, 2.75) is 6.92 Å². The number of benzene rings is 1. The number of nitrogens with zero attached hydrogens (tertiary/aromatic N) is 1. The van der Waals surface area contributed by atoms with Crippen LogP contribution in [0.1, 0.15) is 16.1 Å². The van der Waals surface area contributed by atoms with Crippen molar-refractivity contribution in [3.05, 3.63) is 45.2 Å². The lowest BCUT2D eigenvalue weighted by atomic mass is 10.2. The summed E-state index contributed by atoms with van der Waals surface area (Å²) in [6.45, 7) is 1.77. The van der Waals surface area contributed by atoms with E-state index in [0.29, 0.717) is 17.1 Å². The van der Waals surface area contributed by atoms with Crippen LogP contribution >= 0.6 is 22.6 Å². The van der Waals surface area contributed by atoms with Crippen LogP contribution in [0.3, 0.4) is 0 Å². The van der Waals surface area contributed by atoms with E-state index in [1.165, 1.54) is 0 Å². The lowest BCUT2D eigenvalue weighted by Gasteiger charge is -2.01. The van der Waals surface area contributed by atoms with Gasteiger partial charge in [0.05, 0.1) is 0 Å². The van der Waals surface area contributed by atoms with Gasteiger partial charge in [-0.25, -0.2) is 0 Å². The fourth-order valence-corrected chi connectivity index (χ4v) is 1.79. The Kier molecular flexibility index (Phi) is 3.23. The van der Waals surface area contributed by atoms with Crippen LogP contribution in [0.4, 0.5) is 5.82 Å². The number of aryl methyl sites for hydroxylation is 1. The average molecular weight is 328 g/mol. The van der Waals surface area contributed by atoms with Crippen LogP contribution in [0.5, 0.6) is 0 Å². The van der Waals surface area contributed by atoms with Crippen LogP contribution in [0, 0.1) is 10.5 Å². The van der Waals surface area contributed by atoms with E-state index < -0.39 is 0 Å². The largest absolute Gasteiger partial charge is 0.360 e. The Morgan fingerprint density at radius 3 is 2.88 bits per heavy atom. The van der Waals surface area contributed by atoms with Gasteiger partial charge in [-0.2, -0.15) is 0 Å². The summed E-state index contributed by atoms with van der Waals surface area (Å²) in [5.74, 6) is 0.908. The van der Waals surface area contributed by atoms with Crippen LogP contribution in [0.15, 0.2) is 34.9 Å². The van der Waals surface area contributed by atoms with E-state index in [2.05, 4.69) is 33.1 Å². The second kappa shape index (κ2) is 4.65. The molecule has 0 radical (unpaired) electrons. The molecule has 1 heterocycles. The molecular formula is C11H9IN2O2. The third kappa shape index (κ3) is 2.60. The van der Waals surface area contributed by atoms with Crippen LogP contribution in [0.25, 0.3) is 0 Å². The van der Waals surface area contributed by atoms with Gasteiger partial charge in [0.1, 0.15) is 5.76 Å². The summed E-state index contributed by atoms with van der Waals surface area (Å²) < 4.78 is 5.87. The van der Waals surface area contributed by atoms with Crippen molar-refractivity contribution in [2.75, 3.05) is 5.32 Å². The second-order valence-electron chi connectivity index (χ2n) is 3.29. The van der Waals surface area contributed by atoms with E-state index >= 15 is 0 Å². The third-order valence-electron chi connectivity index (χ3n) is 1.96. The van der Waals surface area contributed by atoms with Crippen LogP contribution < -0.4 is 5.32 Å². The van der Waals surface area contributed by atoms with E-state index in [0.717, 1.165) is 3.57 Å². The van der Waals surface area contributed by atoms with Crippen molar-refractivity contribution in [3.8, 4) is 0 Å². The molecule has 2 rings (SSSR count). The number of hydrogen-bond donors (Lipinski definition) is 1. The SMILES string of the molecule is Cc1cc(NC(=O)c2cccc(I)c2)no1. The van der Waals surface area contributed by atoms with Gasteiger partial charge in [0.2, 0.25) is 0 Å². The van der Waals surface area contributed by atoms with Crippen LogP contribution in [-0.2, 0) is 0 Å². The molecular weight excluding hydrogens is 319 g/mol. The molecule has 0 aliphatic carbocycles. The van der Waals surface area contributed by atoms with Crippen molar-refractivity contribution in [1.82, 2.24) is 5.16 Å². The summed E-state index contributed by atoms with van der Waals surface area (Å²) in [5, 5.41) is 6.35. The molecule has 0 spiro atoms. The maximum absolute atomic E-state index is 11.8. The summed E-state index contributed by atoms with van der Waals surface area (Å²) in [5.41, 5.74) is 0.604. The standard InChI is InChI=1S/C11H9IN2O2/c1-7-5-10(14-16-7)13-11(15)8-3-2-4-9(12)6-8/h2-6H,1H3,(H,13,14,15). The van der Waals surface area contributed by atoms with Gasteiger partial charge in [0.15, 0.2) is 5.82 Å². The number of nitrogens with one attached hydrogen (secondary N) is 1. The van der Waals surface area contributed by atoms with Gasteiger partial charge in [-0.05, 0) is 47.7 Å². The first-order chi connectivity index (χ1) is 7.65. The number of carbonyl (C=O) groups is 1. The Hall–Kier alpha value is -1.37. The van der Waals surface area contributed by atoms with Crippen molar-refractivity contribution >= 4 is 34.3 Å². The first-order valence-electron chi connectivity index (χ1n) is 4.65. The lowest BCUT2D eigenvalue weighted by molar-refractivity contribution is 0.102. The Balaban J connectivity index is 2.14. The molecule has 0 fully saturated rings. The van der Waals surface area contributed by atoms with Gasteiger partial charge in [0, 0.05) is 15.2 Å². The van der Waals surface area contributed by atoms with Crippen LogP contribution in [-0.4, -0.2) is 11.1 Å². The highest BCUT2D eigenvalue weighted by Gasteiger charge is 2.08. The molecule has 0 unspecified atom stereocenters. The van der Waals surface area contributed by atoms with Gasteiger partial charge < -0.3 is 9.84 Å². The predicted octanol–water partition coefficient (Wildman–Crippen LogP) is 2.84. The monoisotopic (exact) mass is 328 g/mol. The molecule has 82 valence electrons. The van der Waals surface area contributed by atoms with Crippen molar-refractivity contribution < 1.29 is 9.32 Å². The topological polar surface area (TPSA) is 55.1 Å². The number of aromatic nitrogens is 1. The van der Waals surface area contributed by atoms with Gasteiger partial charge >= 0.3 is 0 Å². The van der Waals surface area contributed by atoms with E-state index in [4.69, 9.17) is 4.52 Å². The molecule has 0 aliphatic heterocycles. The molecule has 1 N–H and O–H groups in total. The number of hydrogen-bond acceptors (Lipinski definition) is 3. The molecule has 0 aliphatic rings. The highest BCUT2D eigenvalue weighted by molar-refractivity contribution is 14.1. The minimum Gasteiger partial charge on any atom is -0.360 e. The molecule has 5 heteroatoms. The number of halogens is 1. The maximum atomic E-state index is 11.8. The summed E-state index contributed by atoms with van der Waals surface area (Å²) >= 11 is 2.16. The van der Waals surface area contributed by atoms with Crippen molar-refractivity contribution in [1.29, 1.82) is 0 Å². The molecule has 1 aromatic carbocycles. The highest BCUT2D eigenvalue weighted by Crippen LogP contribution is 2.11. The van der Waals surface area contributed by atoms with Crippen molar-refractivity contribution in [2.24, 2.45) is 0 Å². The average Bonchev–Trinajstić information content (AvgIpc) is 2.64. The fraction of sp³-hybridized carbons (Fsp3) is 0.0909. The number of rotatable bonds is 2. The first-order valence-corrected chi connectivity index (χ1v) is 5.73. The number of anilines is 1. The maximum Gasteiger partial charge on any atom is 0.256 e. The molecule has 1 amide bonds. The molecule has 0 saturated carbocycles. The normalized spacial score (nSPS) is 10.1. The lowest BCUT2D eigenvalue weighted by Crippen LogP contribution is -2.12. The molecule has 4 nitrogen and oxygen atoms in total. The van der Waals surface area contributed by atoms with Crippen LogP contribution in [0.2, 0.25) is 0 Å². The zero-order valence-corrected chi connectivity index (χ0v) is 10.7. The summed E-state index contributed by atoms with van der Waals surface area (Å²) in [7, 11) is 0. The van der Waals surface area contributed by atoms with Gasteiger partial charge in [-0.15, -0.1) is 0 Å². The van der Waals surface area contributed by atoms with E-state index in [1.54, 1.807) is 19.1 Å². The molecule has 2 aromatic rings. The molecule has 0 atom stereocenters. The number of carbonyl (C=O) groups excluding carboxylic acids is 1. The van der Waals surface area contributed by atoms with E-state index in [9.17, 15) is 4.79 Å². The second-order valence-corrected chi connectivity index (χ2v) is 4.53. The van der Waals surface area contributed by atoms with Crippen molar-refractivity contribution in [3.63, 3.8) is 0 Å². The molecule has 0 bridgehead atoms. The minimum absolute atomic E-state index is 0.188. The van der Waals surface area contributed by atoms with Gasteiger partial charge in [0.25, 0.3) is 5.91 Å². The summed E-state index contributed by atoms with van der Waals surface area (Å²) in [6, 6.07) is 9.00. The number of amides is 1. The van der Waals surface area contributed by atoms with Gasteiger partial charge in [-0.3, -0.25) is 4.79 Å². The Bertz CT molecular complexity index is 522. The minimum atomic E-state index is -0.188. The summed E-state index contributed by atoms with van der Waals surface area (Å²) in [4.78, 5) is 11.8. The van der Waals surface area contributed by atoms with E-state index in [-0.39, 0.29) is 5.91 Å². The van der Waals surface area contributed by atoms with E-state index in [1.807, 2.05) is 18.2 Å². The zero-order chi connectivity index (χ0) is 11.5. The predicted molar refractivity (Wildman–Crippen MR) is 68.4 cm³/mol. The van der Waals surface area contributed by atoms with Gasteiger partial charge in [-0.1, -0.05) is 11.2 Å². The Morgan fingerprint density at radius 2 is 2.25 bits per heavy atom. The smallest absolute Gasteiger partial charge is 0.256 e. The Labute approximate surface area is 106 Å². The molecule has 1 aromatic heterocycles. The molecule has 0 saturated heterocycles.